The van der Waals surface area contributed by atoms with E-state index in [1.54, 1.807) is 0 Å². The number of pyridine rings is 1. The predicted octanol–water partition coefficient (Wildman–Crippen LogP) is 3.93. The van der Waals surface area contributed by atoms with Gasteiger partial charge in [0.1, 0.15) is 5.82 Å². The number of benzene rings is 1. The fraction of sp³-hybridized carbons (Fsp3) is 0.294. The van der Waals surface area contributed by atoms with Crippen molar-refractivity contribution < 1.29 is 0 Å². The molecule has 1 N–H and O–H groups in total. The quantitative estimate of drug-likeness (QED) is 0.901. The van der Waals surface area contributed by atoms with Crippen LogP contribution in [0.25, 0.3) is 0 Å². The van der Waals surface area contributed by atoms with Crippen molar-refractivity contribution in [3.8, 4) is 6.07 Å². The van der Waals surface area contributed by atoms with Crippen molar-refractivity contribution in [2.24, 2.45) is 0 Å². The zero-order chi connectivity index (χ0) is 15.4. The number of rotatable bonds is 4. The van der Waals surface area contributed by atoms with Crippen LogP contribution in [0.3, 0.4) is 0 Å². The van der Waals surface area contributed by atoms with Gasteiger partial charge < -0.3 is 10.2 Å². The van der Waals surface area contributed by atoms with Crippen LogP contribution in [-0.4, -0.2) is 18.1 Å². The molecule has 1 aliphatic heterocycles. The van der Waals surface area contributed by atoms with Crippen molar-refractivity contribution >= 4 is 27.4 Å². The standard InChI is InChI=1S/C17H17BrN4/c18-15-9-13(11-19)3-4-16(15)21-12-14-5-6-20-17(10-14)22-7-1-2-8-22/h3-6,9-10,21H,1-2,7-8,12H2. The summed E-state index contributed by atoms with van der Waals surface area (Å²) in [5, 5.41) is 12.3. The molecule has 0 saturated carbocycles. The molecule has 1 fully saturated rings. The third-order valence-corrected chi connectivity index (χ3v) is 4.48. The second kappa shape index (κ2) is 6.80. The van der Waals surface area contributed by atoms with Crippen molar-refractivity contribution in [1.82, 2.24) is 4.98 Å². The van der Waals surface area contributed by atoms with E-state index in [9.17, 15) is 0 Å². The Labute approximate surface area is 138 Å². The van der Waals surface area contributed by atoms with Crippen molar-refractivity contribution in [1.29, 1.82) is 5.26 Å². The molecule has 0 atom stereocenters. The number of hydrogen-bond donors (Lipinski definition) is 1. The van der Waals surface area contributed by atoms with E-state index in [-0.39, 0.29) is 0 Å². The molecule has 0 spiro atoms. The molecule has 22 heavy (non-hydrogen) atoms. The Balaban J connectivity index is 1.69. The SMILES string of the molecule is N#Cc1ccc(NCc2ccnc(N3CCCC3)c2)c(Br)c1. The van der Waals surface area contributed by atoms with Crippen LogP contribution in [0.1, 0.15) is 24.0 Å². The van der Waals surface area contributed by atoms with Crippen molar-refractivity contribution in [2.45, 2.75) is 19.4 Å². The predicted molar refractivity (Wildman–Crippen MR) is 91.9 cm³/mol. The summed E-state index contributed by atoms with van der Waals surface area (Å²) in [5.41, 5.74) is 2.84. The minimum atomic E-state index is 0.651. The summed E-state index contributed by atoms with van der Waals surface area (Å²) in [6.07, 6.45) is 4.38. The molecule has 112 valence electrons. The fourth-order valence-electron chi connectivity index (χ4n) is 2.62. The van der Waals surface area contributed by atoms with E-state index < -0.39 is 0 Å². The number of anilines is 2. The molecular formula is C17H17BrN4. The summed E-state index contributed by atoms with van der Waals surface area (Å²) in [5.74, 6) is 1.07. The highest BCUT2D eigenvalue weighted by molar-refractivity contribution is 9.10. The van der Waals surface area contributed by atoms with Gasteiger partial charge in [-0.2, -0.15) is 5.26 Å². The average molecular weight is 357 g/mol. The van der Waals surface area contributed by atoms with Crippen LogP contribution < -0.4 is 10.2 Å². The van der Waals surface area contributed by atoms with E-state index in [0.29, 0.717) is 5.56 Å². The molecule has 2 heterocycles. The third kappa shape index (κ3) is 3.40. The van der Waals surface area contributed by atoms with E-state index in [1.165, 1.54) is 18.4 Å². The Morgan fingerprint density at radius 1 is 1.23 bits per heavy atom. The van der Waals surface area contributed by atoms with Gasteiger partial charge in [0.25, 0.3) is 0 Å². The minimum Gasteiger partial charge on any atom is -0.380 e. The lowest BCUT2D eigenvalue weighted by Gasteiger charge is -2.17. The second-order valence-corrected chi connectivity index (χ2v) is 6.23. The highest BCUT2D eigenvalue weighted by Crippen LogP contribution is 2.24. The van der Waals surface area contributed by atoms with E-state index in [4.69, 9.17) is 5.26 Å². The fourth-order valence-corrected chi connectivity index (χ4v) is 3.13. The number of aromatic nitrogens is 1. The summed E-state index contributed by atoms with van der Waals surface area (Å²) >= 11 is 3.50. The maximum Gasteiger partial charge on any atom is 0.128 e. The van der Waals surface area contributed by atoms with Crippen LogP contribution in [0.2, 0.25) is 0 Å². The molecule has 0 bridgehead atoms. The zero-order valence-corrected chi connectivity index (χ0v) is 13.8. The Kier molecular flexibility index (Phi) is 4.59. The molecule has 1 aromatic heterocycles. The van der Waals surface area contributed by atoms with E-state index >= 15 is 0 Å². The van der Waals surface area contributed by atoms with Gasteiger partial charge in [0.15, 0.2) is 0 Å². The maximum absolute atomic E-state index is 8.89. The molecule has 0 amide bonds. The third-order valence-electron chi connectivity index (χ3n) is 3.82. The number of nitrogens with zero attached hydrogens (tertiary/aromatic N) is 3. The van der Waals surface area contributed by atoms with Crippen LogP contribution in [-0.2, 0) is 6.54 Å². The molecule has 2 aromatic rings. The van der Waals surface area contributed by atoms with E-state index in [0.717, 1.165) is 35.6 Å². The lowest BCUT2D eigenvalue weighted by molar-refractivity contribution is 0.931. The molecule has 1 aliphatic rings. The van der Waals surface area contributed by atoms with E-state index in [1.807, 2.05) is 30.5 Å². The van der Waals surface area contributed by atoms with Gasteiger partial charge in [-0.25, -0.2) is 4.98 Å². The Bertz CT molecular complexity index is 702. The van der Waals surface area contributed by atoms with Gasteiger partial charge in [-0.3, -0.25) is 0 Å². The summed E-state index contributed by atoms with van der Waals surface area (Å²) in [7, 11) is 0. The van der Waals surface area contributed by atoms with Gasteiger partial charge in [-0.05, 0) is 64.7 Å². The molecule has 4 nitrogen and oxygen atoms in total. The largest absolute Gasteiger partial charge is 0.380 e. The van der Waals surface area contributed by atoms with Crippen LogP contribution >= 0.6 is 15.9 Å². The molecule has 5 heteroatoms. The lowest BCUT2D eigenvalue weighted by atomic mass is 10.2. The lowest BCUT2D eigenvalue weighted by Crippen LogP contribution is -2.19. The average Bonchev–Trinajstić information content (AvgIpc) is 3.08. The Hall–Kier alpha value is -2.06. The smallest absolute Gasteiger partial charge is 0.128 e. The van der Waals surface area contributed by atoms with Gasteiger partial charge in [-0.1, -0.05) is 0 Å². The van der Waals surface area contributed by atoms with Crippen molar-refractivity contribution in [2.75, 3.05) is 23.3 Å². The normalized spacial score (nSPS) is 13.9. The maximum atomic E-state index is 8.89. The molecule has 0 radical (unpaired) electrons. The van der Waals surface area contributed by atoms with Gasteiger partial charge >= 0.3 is 0 Å². The number of halogens is 1. The Morgan fingerprint density at radius 2 is 2.05 bits per heavy atom. The van der Waals surface area contributed by atoms with Gasteiger partial charge in [0.2, 0.25) is 0 Å². The van der Waals surface area contributed by atoms with Crippen molar-refractivity contribution in [3.05, 3.63) is 52.1 Å². The van der Waals surface area contributed by atoms with Crippen LogP contribution in [0.4, 0.5) is 11.5 Å². The van der Waals surface area contributed by atoms with Crippen molar-refractivity contribution in [3.63, 3.8) is 0 Å². The first-order valence-electron chi connectivity index (χ1n) is 7.39. The molecular weight excluding hydrogens is 340 g/mol. The first-order chi connectivity index (χ1) is 10.8. The van der Waals surface area contributed by atoms with Crippen LogP contribution in [0.5, 0.6) is 0 Å². The number of nitrogens with one attached hydrogen (secondary N) is 1. The summed E-state index contributed by atoms with van der Waals surface area (Å²) < 4.78 is 0.903. The molecule has 0 aliphatic carbocycles. The van der Waals surface area contributed by atoms with Gasteiger partial charge in [0.05, 0.1) is 11.6 Å². The number of nitriles is 1. The van der Waals surface area contributed by atoms with Crippen LogP contribution in [0.15, 0.2) is 41.0 Å². The first kappa shape index (κ1) is 14.9. The molecule has 3 rings (SSSR count). The van der Waals surface area contributed by atoms with Gasteiger partial charge in [-0.15, -0.1) is 0 Å². The van der Waals surface area contributed by atoms with Gasteiger partial charge in [0, 0.05) is 36.0 Å². The first-order valence-corrected chi connectivity index (χ1v) is 8.19. The number of hydrogen-bond acceptors (Lipinski definition) is 4. The van der Waals surface area contributed by atoms with E-state index in [2.05, 4.69) is 43.3 Å². The van der Waals surface area contributed by atoms with Crippen LogP contribution in [0, 0.1) is 11.3 Å². The Morgan fingerprint density at radius 3 is 2.77 bits per heavy atom. The highest BCUT2D eigenvalue weighted by Gasteiger charge is 2.13. The summed E-state index contributed by atoms with van der Waals surface area (Å²) in [4.78, 5) is 6.80. The monoisotopic (exact) mass is 356 g/mol. The molecule has 0 unspecified atom stereocenters. The topological polar surface area (TPSA) is 52.0 Å². The molecule has 1 saturated heterocycles. The highest BCUT2D eigenvalue weighted by atomic mass is 79.9. The molecule has 1 aromatic carbocycles. The zero-order valence-electron chi connectivity index (χ0n) is 12.2. The second-order valence-electron chi connectivity index (χ2n) is 5.38. The summed E-state index contributed by atoms with van der Waals surface area (Å²) in [6, 6.07) is 11.9. The minimum absolute atomic E-state index is 0.651. The summed E-state index contributed by atoms with van der Waals surface area (Å²) in [6.45, 7) is 2.93.